The molecule has 2 amide bonds. The molecule has 4 aromatic carbocycles. The summed E-state index contributed by atoms with van der Waals surface area (Å²) in [5.41, 5.74) is 7.44. The molecule has 2 N–H and O–H groups in total. The Kier molecular flexibility index (Phi) is 15.8. The smallest absolute Gasteiger partial charge is 0.262 e. The third-order valence-corrected chi connectivity index (χ3v) is 23.0. The highest BCUT2D eigenvalue weighted by Gasteiger charge is 2.55. The molecule has 4 aliphatic heterocycles. The van der Waals surface area contributed by atoms with Crippen LogP contribution >= 0.6 is 31.9 Å². The summed E-state index contributed by atoms with van der Waals surface area (Å²) >= 11 is 6.85. The van der Waals surface area contributed by atoms with E-state index in [9.17, 15) is 34.8 Å². The number of amides is 2. The number of hydrogen-bond donors (Lipinski definition) is 2. The second-order valence-electron chi connectivity index (χ2n) is 21.7. The number of fused-ring (bicyclic) bond motifs is 8. The zero-order valence-electron chi connectivity index (χ0n) is 45.8. The minimum atomic E-state index is -3.88. The predicted molar refractivity (Wildman–Crippen MR) is 339 cm³/mol. The maximum absolute atomic E-state index is 13.4. The van der Waals surface area contributed by atoms with E-state index in [4.69, 9.17) is 4.98 Å². The van der Waals surface area contributed by atoms with Gasteiger partial charge >= 0.3 is 0 Å². The van der Waals surface area contributed by atoms with Crippen molar-refractivity contribution in [1.29, 1.82) is 0 Å². The van der Waals surface area contributed by atoms with Crippen LogP contribution in [0.4, 0.5) is 34.4 Å². The summed E-state index contributed by atoms with van der Waals surface area (Å²) < 4.78 is 82.5. The topological polar surface area (TPSA) is 225 Å². The Morgan fingerprint density at radius 3 is 1.40 bits per heavy atom. The van der Waals surface area contributed by atoms with Crippen molar-refractivity contribution in [3.8, 4) is 11.1 Å². The van der Waals surface area contributed by atoms with Gasteiger partial charge in [0.05, 0.1) is 66.8 Å². The third-order valence-electron chi connectivity index (χ3n) is 16.8. The molecule has 2 saturated carbocycles. The van der Waals surface area contributed by atoms with Crippen LogP contribution in [0.3, 0.4) is 0 Å². The molecule has 4 aromatic heterocycles. The van der Waals surface area contributed by atoms with E-state index in [1.807, 2.05) is 66.5 Å². The zero-order chi connectivity index (χ0) is 58.7. The predicted octanol–water partition coefficient (Wildman–Crippen LogP) is 9.67. The lowest BCUT2D eigenvalue weighted by molar-refractivity contribution is -0.126. The van der Waals surface area contributed by atoms with Crippen molar-refractivity contribution in [3.63, 3.8) is 0 Å². The van der Waals surface area contributed by atoms with E-state index in [0.717, 1.165) is 92.9 Å². The Hall–Kier alpha value is -6.70. The molecule has 2 saturated heterocycles. The molecule has 4 fully saturated rings. The molecule has 24 heteroatoms. The number of hydrogen-bond acceptors (Lipinski definition) is 14. The summed E-state index contributed by atoms with van der Waals surface area (Å²) in [6.45, 7) is 2.22. The van der Waals surface area contributed by atoms with Crippen LogP contribution in [0.1, 0.15) is 49.7 Å². The first-order chi connectivity index (χ1) is 40.4. The Morgan fingerprint density at radius 1 is 0.500 bits per heavy atom. The number of benzene rings is 4. The molecule has 0 radical (unpaired) electrons. The molecule has 18 nitrogen and oxygen atoms in total. The van der Waals surface area contributed by atoms with Gasteiger partial charge in [-0.2, -0.15) is 0 Å². The Bertz CT molecular complexity index is 4220. The molecule has 2 aliphatic carbocycles. The van der Waals surface area contributed by atoms with Gasteiger partial charge in [0.15, 0.2) is 11.6 Å². The summed E-state index contributed by atoms with van der Waals surface area (Å²) in [7, 11) is -5.60. The van der Waals surface area contributed by atoms with E-state index < -0.39 is 47.1 Å². The third kappa shape index (κ3) is 10.7. The van der Waals surface area contributed by atoms with Crippen molar-refractivity contribution in [2.75, 3.05) is 92.3 Å². The Balaban J connectivity index is 0.000000136. The number of likely N-dealkylation sites (N-methyl/N-ethyl adjacent to an activating group) is 2. The van der Waals surface area contributed by atoms with Crippen molar-refractivity contribution >= 4 is 142 Å². The lowest BCUT2D eigenvalue weighted by atomic mass is 9.64. The summed E-state index contributed by atoms with van der Waals surface area (Å²) in [5.74, 6) is 3.56. The van der Waals surface area contributed by atoms with Crippen molar-refractivity contribution in [2.24, 2.45) is 0 Å². The number of nitrogens with one attached hydrogen (secondary N) is 2. The maximum Gasteiger partial charge on any atom is 0.262 e. The van der Waals surface area contributed by atoms with Crippen molar-refractivity contribution < 1.29 is 34.8 Å². The van der Waals surface area contributed by atoms with E-state index in [0.29, 0.717) is 76.7 Å². The summed E-state index contributed by atoms with van der Waals surface area (Å²) in [5, 5.41) is 2.05. The monoisotopic (exact) mass is 1330 g/mol. The van der Waals surface area contributed by atoms with Crippen LogP contribution in [-0.4, -0.2) is 120 Å². The molecule has 8 heterocycles. The second kappa shape index (κ2) is 22.9. The Morgan fingerprint density at radius 2 is 0.940 bits per heavy atom. The quantitative estimate of drug-likeness (QED) is 0.137. The molecular formula is C60H58Br2N10O8S4. The zero-order valence-corrected chi connectivity index (χ0v) is 52.3. The van der Waals surface area contributed by atoms with Gasteiger partial charge < -0.3 is 19.6 Å². The second-order valence-corrected chi connectivity index (χ2v) is 30.2. The summed E-state index contributed by atoms with van der Waals surface area (Å²) in [4.78, 5) is 51.9. The number of rotatable bonds is 9. The average molecular weight is 1340 g/mol. The number of anilines is 6. The summed E-state index contributed by atoms with van der Waals surface area (Å²) in [6.07, 6.45) is 12.8. The molecular weight excluding hydrogens is 1280 g/mol. The van der Waals surface area contributed by atoms with E-state index in [-0.39, 0.29) is 27.0 Å². The lowest BCUT2D eigenvalue weighted by Gasteiger charge is -2.37. The lowest BCUT2D eigenvalue weighted by Crippen LogP contribution is -2.43. The minimum absolute atomic E-state index is 0.129. The van der Waals surface area contributed by atoms with Gasteiger partial charge in [-0.3, -0.25) is 37.4 Å². The van der Waals surface area contributed by atoms with Crippen molar-refractivity contribution in [1.82, 2.24) is 19.9 Å². The van der Waals surface area contributed by atoms with E-state index in [1.54, 1.807) is 83.0 Å². The highest BCUT2D eigenvalue weighted by Crippen LogP contribution is 2.56. The van der Waals surface area contributed by atoms with E-state index in [1.165, 1.54) is 17.7 Å². The molecule has 0 atom stereocenters. The van der Waals surface area contributed by atoms with Gasteiger partial charge in [-0.25, -0.2) is 26.8 Å². The van der Waals surface area contributed by atoms with Gasteiger partial charge in [0.25, 0.3) is 20.0 Å². The van der Waals surface area contributed by atoms with Gasteiger partial charge in [-0.15, -0.1) is 0 Å². The first-order valence-corrected chi connectivity index (χ1v) is 35.0. The largest absolute Gasteiger partial charge is 0.353 e. The molecule has 14 rings (SSSR count). The molecule has 434 valence electrons. The van der Waals surface area contributed by atoms with Gasteiger partial charge in [0.2, 0.25) is 11.8 Å². The van der Waals surface area contributed by atoms with Crippen LogP contribution in [0.25, 0.3) is 32.9 Å². The highest BCUT2D eigenvalue weighted by molar-refractivity contribution is 9.10. The van der Waals surface area contributed by atoms with Crippen LogP contribution in [0.2, 0.25) is 0 Å². The van der Waals surface area contributed by atoms with Gasteiger partial charge in [0.1, 0.15) is 0 Å². The van der Waals surface area contributed by atoms with Gasteiger partial charge in [0, 0.05) is 134 Å². The van der Waals surface area contributed by atoms with Gasteiger partial charge in [-0.1, -0.05) is 71.2 Å². The number of halogens is 2. The normalized spacial score (nSPS) is 18.1. The van der Waals surface area contributed by atoms with Crippen LogP contribution in [-0.2, 0) is 62.1 Å². The van der Waals surface area contributed by atoms with Gasteiger partial charge in [-0.05, 0) is 114 Å². The molecule has 0 bridgehead atoms. The van der Waals surface area contributed by atoms with Crippen molar-refractivity contribution in [3.05, 3.63) is 154 Å². The first-order valence-electron chi connectivity index (χ1n) is 27.5. The number of carbonyl (C=O) groups excluding carboxylic acids is 2. The first kappa shape index (κ1) is 57.7. The number of pyridine rings is 4. The number of aromatic nitrogens is 4. The molecule has 2 spiro atoms. The molecule has 6 aliphatic rings. The van der Waals surface area contributed by atoms with Crippen LogP contribution < -0.4 is 29.0 Å². The fourth-order valence-electron chi connectivity index (χ4n) is 12.1. The summed E-state index contributed by atoms with van der Waals surface area (Å²) in [6, 6.07) is 32.0. The van der Waals surface area contributed by atoms with Crippen LogP contribution in [0.15, 0.2) is 153 Å². The highest BCUT2D eigenvalue weighted by atomic mass is 79.9. The van der Waals surface area contributed by atoms with E-state index in [2.05, 4.69) is 62.3 Å². The van der Waals surface area contributed by atoms with Crippen LogP contribution in [0, 0.1) is 0 Å². The number of sulfonamides is 2. The molecule has 84 heavy (non-hydrogen) atoms. The van der Waals surface area contributed by atoms with Crippen LogP contribution in [0.5, 0.6) is 0 Å². The average Bonchev–Trinajstić information content (AvgIpc) is 2.05. The number of nitrogens with zero attached hydrogens (tertiary/aromatic N) is 8. The molecule has 8 aromatic rings. The fraction of sp³-hybridized carbons (Fsp3) is 0.300. The molecule has 0 unspecified atom stereocenters. The minimum Gasteiger partial charge on any atom is -0.353 e. The SMILES string of the molecule is CN1C(=O)C2(CCC2)c2c1cnc1ccc(-c3cnc(N4CCS(=O)CC4)c(NS(=O)(=O)c4ccccc4)c3)cc21.CN1C(=O)C2(CCC2)c2c1cnc1ccc(Br)cc21.O=S1CCN(c2ncc(Br)cc2NS(=O)(=O)c2ccccc2)CC1. The van der Waals surface area contributed by atoms with Crippen molar-refractivity contribution in [2.45, 2.75) is 59.1 Å². The van der Waals surface area contributed by atoms with E-state index >= 15 is 0 Å². The fourth-order valence-corrected chi connectivity index (χ4v) is 17.0. The number of carbonyl (C=O) groups is 2. The Labute approximate surface area is 509 Å². The maximum atomic E-state index is 13.4. The standard InChI is InChI=1S/C30H29N5O4S2.C15H16BrN3O3S2.C15H13BrN2O/c1-34-26-19-31-24-9-8-20(16-23(24)27(26)30(29(34)36)10-5-11-30)21-17-25(33-41(38,39)22-6-3-2-4-7-22)28(32-18-21)35-12-14-40(37)15-13-35;16-12-10-14(18-24(21,22)13-4-2-1-3-5-13)15(17-11-12)19-6-8-23(20)9-7-19;1-18-12-8-17-11-4-3-9(16)7-10(11)13(12)15(14(18)19)5-2-6-15/h2-4,6-9,16-19,33H,5,10-15H2,1H3;1-5,10-11,18H,6-9H2;3-4,7-8H,2,5-6H2,1H3.